The first-order valence-corrected chi connectivity index (χ1v) is 3.59. The summed E-state index contributed by atoms with van der Waals surface area (Å²) in [4.78, 5) is 0. The molecule has 0 amide bonds. The van der Waals surface area contributed by atoms with Gasteiger partial charge >= 0.3 is 63.5 Å². The average molecular weight is 162 g/mol. The molecule has 0 bridgehead atoms. The van der Waals surface area contributed by atoms with Gasteiger partial charge in [-0.1, -0.05) is 0 Å². The third kappa shape index (κ3) is 8.99. The van der Waals surface area contributed by atoms with Crippen LogP contribution in [-0.2, 0) is 7.47 Å². The molecule has 0 spiro atoms. The molecule has 32 valence electrons. The van der Waals surface area contributed by atoms with Crippen molar-refractivity contribution in [3.63, 3.8) is 0 Å². The van der Waals surface area contributed by atoms with Crippen LogP contribution in [0.3, 0.4) is 0 Å². The Morgan fingerprint density at radius 3 is 2.00 bits per heavy atom. The van der Waals surface area contributed by atoms with Crippen LogP contribution in [0.25, 0.3) is 0 Å². The average Bonchev–Trinajstić information content (AvgIpc) is 1.38. The first-order chi connectivity index (χ1) is 2.27. The zero-order valence-corrected chi connectivity index (χ0v) is 7.82. The molecular weight excluding hydrogens is 158 g/mol. The molecule has 0 rings (SSSR count). The first kappa shape index (κ1) is 10.3. The van der Waals surface area contributed by atoms with E-state index < -0.39 is 15.3 Å². The fourth-order valence-corrected chi connectivity index (χ4v) is 0. The number of rotatable bonds is 1. The molecule has 0 heterocycles. The molecule has 3 nitrogen and oxygen atoms in total. The van der Waals surface area contributed by atoms with Crippen molar-refractivity contribution in [1.82, 2.24) is 0 Å². The van der Waals surface area contributed by atoms with E-state index in [1.165, 1.54) is 0 Å². The fourth-order valence-electron chi connectivity index (χ4n) is 0. The molecule has 0 radical (unpaired) electrons. The summed E-state index contributed by atoms with van der Waals surface area (Å²) in [6.45, 7) is 0. The molecule has 0 N–H and O–H groups in total. The topological polar surface area (TPSA) is 49.4 Å². The largest absolute Gasteiger partial charge is 1.00 e. The van der Waals surface area contributed by atoms with Crippen LogP contribution in [-0.4, -0.2) is 22.4 Å². The molecule has 0 aliphatic rings. The summed E-state index contributed by atoms with van der Waals surface area (Å²) in [5.41, 5.74) is 0. The molecule has 1 unspecified atom stereocenters. The maximum Gasteiger partial charge on any atom is 1.00 e. The van der Waals surface area contributed by atoms with Gasteiger partial charge in [-0.2, -0.15) is 0 Å². The zero-order valence-electron chi connectivity index (χ0n) is 3.72. The molecule has 1 atom stereocenters. The van der Waals surface area contributed by atoms with E-state index in [1.807, 2.05) is 0 Å². The summed E-state index contributed by atoms with van der Waals surface area (Å²) >= 11 is -3.36. The van der Waals surface area contributed by atoms with Crippen molar-refractivity contribution >= 4 is 15.3 Å². The van der Waals surface area contributed by atoms with Crippen LogP contribution in [0.2, 0.25) is 0 Å². The second-order valence-electron chi connectivity index (χ2n) is 0.454. The third-order valence-electron chi connectivity index (χ3n) is 0.167. The number of hydrogen-bond donors (Lipinski definition) is 0. The Balaban J connectivity index is 0. The Hall–Kier alpha value is 1.28. The van der Waals surface area contributed by atoms with Gasteiger partial charge in [0.25, 0.3) is 0 Å². The second kappa shape index (κ2) is 6.28. The smallest absolute Gasteiger partial charge is 1.00 e. The van der Waals surface area contributed by atoms with Gasteiger partial charge in [0.2, 0.25) is 0 Å². The minimum absolute atomic E-state index is 0. The van der Waals surface area contributed by atoms with E-state index in [9.17, 15) is 7.84 Å². The molecule has 5 heteroatoms. The SMILES string of the molecule is CO[AsH](=O)[O-].[Na+]. The van der Waals surface area contributed by atoms with E-state index in [0.717, 1.165) is 7.11 Å². The van der Waals surface area contributed by atoms with Crippen molar-refractivity contribution < 1.29 is 41.1 Å². The molecule has 0 saturated carbocycles. The maximum absolute atomic E-state index is 9.28. The van der Waals surface area contributed by atoms with Gasteiger partial charge in [-0.15, -0.1) is 0 Å². The normalized spacial score (nSPS) is 12.3. The van der Waals surface area contributed by atoms with Crippen LogP contribution in [0.1, 0.15) is 0 Å². The molecule has 0 aromatic rings. The molecule has 0 aliphatic heterocycles. The van der Waals surface area contributed by atoms with E-state index in [-0.39, 0.29) is 29.6 Å². The number of hydrogen-bond acceptors (Lipinski definition) is 3. The molecule has 0 aromatic heterocycles. The van der Waals surface area contributed by atoms with E-state index in [2.05, 4.69) is 3.73 Å². The third-order valence-corrected chi connectivity index (χ3v) is 0.866. The van der Waals surface area contributed by atoms with E-state index >= 15 is 0 Å². The molecule has 0 fully saturated rings. The predicted octanol–water partition coefficient (Wildman–Crippen LogP) is -4.86. The van der Waals surface area contributed by atoms with Gasteiger partial charge in [-0.25, -0.2) is 0 Å². The minimum atomic E-state index is -3.36. The maximum atomic E-state index is 9.28. The predicted molar refractivity (Wildman–Crippen MR) is 14.8 cm³/mol. The summed E-state index contributed by atoms with van der Waals surface area (Å²) in [5, 5.41) is 0. The van der Waals surface area contributed by atoms with Gasteiger partial charge in [0.1, 0.15) is 0 Å². The van der Waals surface area contributed by atoms with Crippen molar-refractivity contribution in [2.45, 2.75) is 0 Å². The van der Waals surface area contributed by atoms with Crippen LogP contribution < -0.4 is 33.7 Å². The Morgan fingerprint density at radius 2 is 2.00 bits per heavy atom. The fraction of sp³-hybridized carbons (Fsp3) is 1.00. The minimum Gasteiger partial charge on any atom is 1.00 e. The van der Waals surface area contributed by atoms with Crippen molar-refractivity contribution in [3.8, 4) is 0 Å². The molecule has 0 aromatic carbocycles. The quantitative estimate of drug-likeness (QED) is 0.363. The molecule has 0 aliphatic carbocycles. The van der Waals surface area contributed by atoms with Crippen molar-refractivity contribution in [2.75, 3.05) is 7.11 Å². The standard InChI is InChI=1S/CH5AsO3.Na/c1-5-2(3)4;/h2H,1H3,(H,3,4);/q;+1/p-1. The van der Waals surface area contributed by atoms with E-state index in [4.69, 9.17) is 0 Å². The molecule has 6 heavy (non-hydrogen) atoms. The van der Waals surface area contributed by atoms with Gasteiger partial charge in [-0.3, -0.25) is 0 Å². The van der Waals surface area contributed by atoms with E-state index in [1.54, 1.807) is 0 Å². The zero-order chi connectivity index (χ0) is 4.28. The van der Waals surface area contributed by atoms with Gasteiger partial charge in [0.15, 0.2) is 0 Å². The second-order valence-corrected chi connectivity index (χ2v) is 2.36. The van der Waals surface area contributed by atoms with Gasteiger partial charge in [-0.05, 0) is 0 Å². The van der Waals surface area contributed by atoms with Gasteiger partial charge < -0.3 is 0 Å². The summed E-state index contributed by atoms with van der Waals surface area (Å²) in [7, 11) is 1.15. The first-order valence-electron chi connectivity index (χ1n) is 1.02. The van der Waals surface area contributed by atoms with Crippen LogP contribution >= 0.6 is 0 Å². The Bertz CT molecular complexity index is 46.1. The monoisotopic (exact) mass is 162 g/mol. The summed E-state index contributed by atoms with van der Waals surface area (Å²) in [5.74, 6) is 0. The Kier molecular flexibility index (Phi) is 10.8. The molecule has 0 saturated heterocycles. The van der Waals surface area contributed by atoms with Crippen molar-refractivity contribution in [2.24, 2.45) is 0 Å². The Labute approximate surface area is 63.2 Å². The van der Waals surface area contributed by atoms with Crippen LogP contribution in [0.4, 0.5) is 0 Å². The van der Waals surface area contributed by atoms with Gasteiger partial charge in [0, 0.05) is 0 Å². The summed E-state index contributed by atoms with van der Waals surface area (Å²) in [6.07, 6.45) is 0. The van der Waals surface area contributed by atoms with E-state index in [0.29, 0.717) is 0 Å². The van der Waals surface area contributed by atoms with Crippen molar-refractivity contribution in [1.29, 1.82) is 0 Å². The molecular formula is CH4AsNaO3. The van der Waals surface area contributed by atoms with Crippen LogP contribution in [0.5, 0.6) is 0 Å². The Morgan fingerprint density at radius 1 is 1.83 bits per heavy atom. The van der Waals surface area contributed by atoms with Crippen LogP contribution in [0.15, 0.2) is 0 Å². The summed E-state index contributed by atoms with van der Waals surface area (Å²) < 4.78 is 22.4. The summed E-state index contributed by atoms with van der Waals surface area (Å²) in [6, 6.07) is 0. The van der Waals surface area contributed by atoms with Gasteiger partial charge in [0.05, 0.1) is 0 Å². The van der Waals surface area contributed by atoms with Crippen LogP contribution in [0, 0.1) is 0 Å². The van der Waals surface area contributed by atoms with Crippen molar-refractivity contribution in [3.05, 3.63) is 0 Å².